The SMILES string of the molecule is Cc1cccc(-n2c(SCC(=O)N3CCC3)nnc2N2CCOCC2)c1. The van der Waals surface area contributed by atoms with Crippen molar-refractivity contribution < 1.29 is 9.53 Å². The average Bonchev–Trinajstić information content (AvgIpc) is 3.03. The Balaban J connectivity index is 1.62. The molecule has 0 radical (unpaired) electrons. The van der Waals surface area contributed by atoms with Gasteiger partial charge in [0.15, 0.2) is 5.16 Å². The van der Waals surface area contributed by atoms with Crippen molar-refractivity contribution >= 4 is 23.6 Å². The smallest absolute Gasteiger partial charge is 0.233 e. The van der Waals surface area contributed by atoms with E-state index in [-0.39, 0.29) is 5.91 Å². The van der Waals surface area contributed by atoms with Crippen LogP contribution in [0.1, 0.15) is 12.0 Å². The summed E-state index contributed by atoms with van der Waals surface area (Å²) in [4.78, 5) is 16.3. The first kappa shape index (κ1) is 17.4. The molecular formula is C18H23N5O2S. The van der Waals surface area contributed by atoms with Gasteiger partial charge in [0.05, 0.1) is 24.7 Å². The van der Waals surface area contributed by atoms with Crippen molar-refractivity contribution in [1.29, 1.82) is 0 Å². The lowest BCUT2D eigenvalue weighted by atomic mass is 10.2. The lowest BCUT2D eigenvalue weighted by Crippen LogP contribution is -2.43. The minimum atomic E-state index is 0.174. The molecule has 1 aromatic carbocycles. The topological polar surface area (TPSA) is 63.5 Å². The Bertz CT molecular complexity index is 784. The molecule has 0 aliphatic carbocycles. The van der Waals surface area contributed by atoms with Gasteiger partial charge in [0, 0.05) is 26.2 Å². The maximum absolute atomic E-state index is 12.2. The molecule has 1 aromatic heterocycles. The Morgan fingerprint density at radius 2 is 2.00 bits per heavy atom. The minimum absolute atomic E-state index is 0.174. The number of nitrogens with zero attached hydrogens (tertiary/aromatic N) is 5. The number of hydrogen-bond acceptors (Lipinski definition) is 6. The molecule has 26 heavy (non-hydrogen) atoms. The van der Waals surface area contributed by atoms with Gasteiger partial charge in [-0.15, -0.1) is 10.2 Å². The van der Waals surface area contributed by atoms with Crippen LogP contribution in [0, 0.1) is 6.92 Å². The number of aromatic nitrogens is 3. The highest BCUT2D eigenvalue weighted by Gasteiger charge is 2.24. The van der Waals surface area contributed by atoms with Crippen molar-refractivity contribution in [2.24, 2.45) is 0 Å². The van der Waals surface area contributed by atoms with E-state index >= 15 is 0 Å². The van der Waals surface area contributed by atoms with Gasteiger partial charge in [-0.25, -0.2) is 0 Å². The zero-order valence-corrected chi connectivity index (χ0v) is 15.7. The monoisotopic (exact) mass is 373 g/mol. The number of amides is 1. The first-order valence-electron chi connectivity index (χ1n) is 8.98. The number of benzene rings is 1. The van der Waals surface area contributed by atoms with Crippen molar-refractivity contribution in [2.45, 2.75) is 18.5 Å². The molecule has 0 unspecified atom stereocenters. The standard InChI is InChI=1S/C18H23N5O2S/c1-14-4-2-5-15(12-14)23-17(22-8-10-25-11-9-22)19-20-18(23)26-13-16(24)21-6-3-7-21/h2,4-5,12H,3,6-11,13H2,1H3. The number of morpholine rings is 1. The van der Waals surface area contributed by atoms with Crippen LogP contribution in [0.15, 0.2) is 29.4 Å². The van der Waals surface area contributed by atoms with Crippen molar-refractivity contribution in [1.82, 2.24) is 19.7 Å². The number of aryl methyl sites for hydroxylation is 1. The third-order valence-corrected chi connectivity index (χ3v) is 5.62. The lowest BCUT2D eigenvalue weighted by Gasteiger charge is -2.30. The molecule has 0 saturated carbocycles. The van der Waals surface area contributed by atoms with E-state index in [1.807, 2.05) is 11.0 Å². The number of likely N-dealkylation sites (tertiary alicyclic amines) is 1. The second-order valence-electron chi connectivity index (χ2n) is 6.58. The summed E-state index contributed by atoms with van der Waals surface area (Å²) in [6.07, 6.45) is 1.11. The van der Waals surface area contributed by atoms with Gasteiger partial charge in [0.25, 0.3) is 0 Å². The summed E-state index contributed by atoms with van der Waals surface area (Å²) in [5.41, 5.74) is 2.20. The number of carbonyl (C=O) groups excluding carboxylic acids is 1. The molecule has 2 saturated heterocycles. The highest BCUT2D eigenvalue weighted by atomic mass is 32.2. The zero-order chi connectivity index (χ0) is 17.9. The zero-order valence-electron chi connectivity index (χ0n) is 14.9. The highest BCUT2D eigenvalue weighted by Crippen LogP contribution is 2.28. The maximum Gasteiger partial charge on any atom is 0.233 e. The van der Waals surface area contributed by atoms with E-state index in [2.05, 4.69) is 44.8 Å². The molecule has 138 valence electrons. The van der Waals surface area contributed by atoms with Gasteiger partial charge < -0.3 is 14.5 Å². The van der Waals surface area contributed by atoms with Crippen LogP contribution in [0.2, 0.25) is 0 Å². The molecule has 2 aliphatic heterocycles. The first-order chi connectivity index (χ1) is 12.7. The van der Waals surface area contributed by atoms with E-state index in [1.54, 1.807) is 0 Å². The van der Waals surface area contributed by atoms with Gasteiger partial charge >= 0.3 is 0 Å². The summed E-state index contributed by atoms with van der Waals surface area (Å²) in [6, 6.07) is 8.28. The van der Waals surface area contributed by atoms with Crippen LogP contribution in [0.25, 0.3) is 5.69 Å². The van der Waals surface area contributed by atoms with E-state index in [4.69, 9.17) is 4.74 Å². The van der Waals surface area contributed by atoms with Gasteiger partial charge in [-0.3, -0.25) is 9.36 Å². The molecular weight excluding hydrogens is 350 g/mol. The van der Waals surface area contributed by atoms with Crippen LogP contribution in [0.3, 0.4) is 0 Å². The third-order valence-electron chi connectivity index (χ3n) is 4.70. The second-order valence-corrected chi connectivity index (χ2v) is 7.52. The van der Waals surface area contributed by atoms with Crippen LogP contribution in [0.5, 0.6) is 0 Å². The highest BCUT2D eigenvalue weighted by molar-refractivity contribution is 7.99. The average molecular weight is 373 g/mol. The van der Waals surface area contributed by atoms with Crippen LogP contribution >= 0.6 is 11.8 Å². The molecule has 2 aromatic rings. The summed E-state index contributed by atoms with van der Waals surface area (Å²) in [5, 5.41) is 9.59. The molecule has 2 aliphatic rings. The summed E-state index contributed by atoms with van der Waals surface area (Å²) in [6.45, 7) is 6.80. The van der Waals surface area contributed by atoms with Crippen molar-refractivity contribution in [2.75, 3.05) is 50.0 Å². The van der Waals surface area contributed by atoms with Crippen LogP contribution in [-0.4, -0.2) is 70.7 Å². The summed E-state index contributed by atoms with van der Waals surface area (Å²) in [5.74, 6) is 1.39. The number of carbonyl (C=O) groups is 1. The quantitative estimate of drug-likeness (QED) is 0.744. The number of anilines is 1. The molecule has 0 spiro atoms. The fourth-order valence-electron chi connectivity index (χ4n) is 3.10. The summed E-state index contributed by atoms with van der Waals surface area (Å²) in [7, 11) is 0. The van der Waals surface area contributed by atoms with E-state index in [0.717, 1.165) is 49.4 Å². The molecule has 8 heteroatoms. The van der Waals surface area contributed by atoms with Crippen LogP contribution in [0.4, 0.5) is 5.95 Å². The molecule has 7 nitrogen and oxygen atoms in total. The Labute approximate surface area is 157 Å². The number of hydrogen-bond donors (Lipinski definition) is 0. The van der Waals surface area contributed by atoms with Gasteiger partial charge in [-0.05, 0) is 31.0 Å². The molecule has 4 rings (SSSR count). The molecule has 0 bridgehead atoms. The summed E-state index contributed by atoms with van der Waals surface area (Å²) >= 11 is 1.46. The van der Waals surface area contributed by atoms with Crippen LogP contribution < -0.4 is 4.90 Å². The first-order valence-corrected chi connectivity index (χ1v) is 9.96. The fourth-order valence-corrected chi connectivity index (χ4v) is 3.95. The van der Waals surface area contributed by atoms with E-state index < -0.39 is 0 Å². The Morgan fingerprint density at radius 3 is 2.69 bits per heavy atom. The molecule has 2 fully saturated rings. The lowest BCUT2D eigenvalue weighted by molar-refractivity contribution is -0.131. The predicted molar refractivity (Wildman–Crippen MR) is 101 cm³/mol. The van der Waals surface area contributed by atoms with E-state index in [0.29, 0.717) is 19.0 Å². The Hall–Kier alpha value is -2.06. The number of thioether (sulfide) groups is 1. The Kier molecular flexibility index (Phi) is 5.12. The molecule has 3 heterocycles. The maximum atomic E-state index is 12.2. The molecule has 0 N–H and O–H groups in total. The third kappa shape index (κ3) is 3.57. The van der Waals surface area contributed by atoms with E-state index in [1.165, 1.54) is 17.3 Å². The molecule has 1 amide bonds. The predicted octanol–water partition coefficient (Wildman–Crippen LogP) is 1.74. The van der Waals surface area contributed by atoms with E-state index in [9.17, 15) is 4.79 Å². The normalized spacial score (nSPS) is 17.3. The van der Waals surface area contributed by atoms with Gasteiger partial charge in [0.2, 0.25) is 11.9 Å². The Morgan fingerprint density at radius 1 is 1.19 bits per heavy atom. The fraction of sp³-hybridized carbons (Fsp3) is 0.500. The minimum Gasteiger partial charge on any atom is -0.378 e. The number of rotatable bonds is 5. The van der Waals surface area contributed by atoms with Crippen molar-refractivity contribution in [3.8, 4) is 5.69 Å². The largest absolute Gasteiger partial charge is 0.378 e. The van der Waals surface area contributed by atoms with Crippen molar-refractivity contribution in [3.05, 3.63) is 29.8 Å². The van der Waals surface area contributed by atoms with Crippen molar-refractivity contribution in [3.63, 3.8) is 0 Å². The summed E-state index contributed by atoms with van der Waals surface area (Å²) < 4.78 is 7.52. The van der Waals surface area contributed by atoms with Crippen LogP contribution in [-0.2, 0) is 9.53 Å². The molecule has 0 atom stereocenters. The number of ether oxygens (including phenoxy) is 1. The second kappa shape index (κ2) is 7.67. The van der Waals surface area contributed by atoms with Gasteiger partial charge in [-0.2, -0.15) is 0 Å². The van der Waals surface area contributed by atoms with Gasteiger partial charge in [-0.1, -0.05) is 23.9 Å². The van der Waals surface area contributed by atoms with Gasteiger partial charge in [0.1, 0.15) is 0 Å².